The number of rotatable bonds is 6. The van der Waals surface area contributed by atoms with Crippen molar-refractivity contribution in [2.45, 2.75) is 97.2 Å². The van der Waals surface area contributed by atoms with Gasteiger partial charge in [-0.05, 0) is 108 Å². The van der Waals surface area contributed by atoms with Crippen molar-refractivity contribution in [3.05, 3.63) is 69.8 Å². The van der Waals surface area contributed by atoms with Crippen molar-refractivity contribution in [2.24, 2.45) is 5.92 Å². The highest BCUT2D eigenvalue weighted by molar-refractivity contribution is 5.81. The highest BCUT2D eigenvalue weighted by Gasteiger charge is 2.45. The number of hydrogen-bond acceptors (Lipinski definition) is 5. The molecule has 0 unspecified atom stereocenters. The standard InChI is InChI=1S/C36H49F2N3O3/c1-23-17-24-9-8-10-25(24)18-26(23)19-32(34(43)44-36(5,6)7)39-13-15-40(16-14-39)33(42)30-22-41(35(2,3)4)21-29(30)28-12-11-27(37)20-31(28)38/h11-12,17-18,20,29-30,32H,8-10,13-16,19,21-22H2,1-7H3/t29-,30+,32-/m0/s1. The smallest absolute Gasteiger partial charge is 0.324 e. The van der Waals surface area contributed by atoms with Crippen molar-refractivity contribution in [1.82, 2.24) is 14.7 Å². The van der Waals surface area contributed by atoms with E-state index in [4.69, 9.17) is 4.74 Å². The number of hydrogen-bond donors (Lipinski definition) is 0. The highest BCUT2D eigenvalue weighted by atomic mass is 19.1. The lowest BCUT2D eigenvalue weighted by atomic mass is 9.87. The monoisotopic (exact) mass is 609 g/mol. The summed E-state index contributed by atoms with van der Waals surface area (Å²) < 4.78 is 34.6. The van der Waals surface area contributed by atoms with Crippen LogP contribution in [-0.2, 0) is 33.6 Å². The highest BCUT2D eigenvalue weighted by Crippen LogP contribution is 2.39. The molecule has 5 rings (SSSR count). The molecule has 240 valence electrons. The predicted molar refractivity (Wildman–Crippen MR) is 169 cm³/mol. The minimum Gasteiger partial charge on any atom is -0.459 e. The van der Waals surface area contributed by atoms with Gasteiger partial charge in [-0.15, -0.1) is 0 Å². The van der Waals surface area contributed by atoms with Crippen LogP contribution in [0.15, 0.2) is 30.3 Å². The molecule has 1 amide bonds. The van der Waals surface area contributed by atoms with E-state index in [0.29, 0.717) is 51.3 Å². The van der Waals surface area contributed by atoms with E-state index in [2.05, 4.69) is 49.6 Å². The lowest BCUT2D eigenvalue weighted by Crippen LogP contribution is -2.56. The molecule has 2 aliphatic heterocycles. The van der Waals surface area contributed by atoms with Gasteiger partial charge in [-0.3, -0.25) is 19.4 Å². The largest absolute Gasteiger partial charge is 0.459 e. The SMILES string of the molecule is Cc1cc2c(cc1C[C@@H](C(=O)OC(C)(C)C)N1CCN(C(=O)[C@@H]3CN(C(C)(C)C)C[C@H]3c3ccc(F)cc3F)CC1)CCC2. The fourth-order valence-corrected chi connectivity index (χ4v) is 7.17. The summed E-state index contributed by atoms with van der Waals surface area (Å²) in [6, 6.07) is 7.79. The maximum absolute atomic E-state index is 15.0. The zero-order chi connectivity index (χ0) is 32.0. The second kappa shape index (κ2) is 12.5. The lowest BCUT2D eigenvalue weighted by Gasteiger charge is -2.40. The van der Waals surface area contributed by atoms with Crippen LogP contribution >= 0.6 is 0 Å². The Morgan fingerprint density at radius 2 is 1.59 bits per heavy atom. The Bertz CT molecular complexity index is 1390. The number of nitrogens with zero attached hydrogens (tertiary/aromatic N) is 3. The Balaban J connectivity index is 1.33. The predicted octanol–water partition coefficient (Wildman–Crippen LogP) is 5.67. The number of ether oxygens (including phenoxy) is 1. The zero-order valence-electron chi connectivity index (χ0n) is 27.5. The van der Waals surface area contributed by atoms with Gasteiger partial charge in [0.2, 0.25) is 5.91 Å². The quantitative estimate of drug-likeness (QED) is 0.395. The van der Waals surface area contributed by atoms with E-state index in [0.717, 1.165) is 18.9 Å². The van der Waals surface area contributed by atoms with Crippen molar-refractivity contribution in [3.63, 3.8) is 0 Å². The third kappa shape index (κ3) is 7.17. The Labute approximate surface area is 261 Å². The van der Waals surface area contributed by atoms with E-state index in [-0.39, 0.29) is 23.3 Å². The van der Waals surface area contributed by atoms with Crippen LogP contribution in [0, 0.1) is 24.5 Å². The van der Waals surface area contributed by atoms with Crippen molar-refractivity contribution in [1.29, 1.82) is 0 Å². The molecule has 3 aliphatic rings. The third-order valence-electron chi connectivity index (χ3n) is 9.66. The fraction of sp³-hybridized carbons (Fsp3) is 0.611. The molecule has 2 saturated heterocycles. The zero-order valence-corrected chi connectivity index (χ0v) is 27.5. The number of likely N-dealkylation sites (tertiary alicyclic amines) is 1. The van der Waals surface area contributed by atoms with Crippen molar-refractivity contribution in [3.8, 4) is 0 Å². The average molecular weight is 610 g/mol. The number of piperazine rings is 1. The Hall–Kier alpha value is -2.84. The number of carbonyl (C=O) groups excluding carboxylic acids is 2. The molecular weight excluding hydrogens is 560 g/mol. The molecule has 0 radical (unpaired) electrons. The van der Waals surface area contributed by atoms with E-state index >= 15 is 0 Å². The van der Waals surface area contributed by atoms with Gasteiger partial charge in [0.25, 0.3) is 0 Å². The van der Waals surface area contributed by atoms with Gasteiger partial charge >= 0.3 is 5.97 Å². The lowest BCUT2D eigenvalue weighted by molar-refractivity contribution is -0.162. The Morgan fingerprint density at radius 3 is 2.20 bits per heavy atom. The normalized spacial score (nSPS) is 22.2. The molecule has 44 heavy (non-hydrogen) atoms. The maximum atomic E-state index is 15.0. The summed E-state index contributed by atoms with van der Waals surface area (Å²) >= 11 is 0. The fourth-order valence-electron chi connectivity index (χ4n) is 7.17. The number of carbonyl (C=O) groups is 2. The van der Waals surface area contributed by atoms with E-state index in [9.17, 15) is 18.4 Å². The average Bonchev–Trinajstić information content (AvgIpc) is 3.57. The van der Waals surface area contributed by atoms with E-state index < -0.39 is 29.2 Å². The van der Waals surface area contributed by atoms with Crippen LogP contribution in [0.1, 0.15) is 81.7 Å². The topological polar surface area (TPSA) is 53.1 Å². The summed E-state index contributed by atoms with van der Waals surface area (Å²) in [6.45, 7) is 17.2. The molecular formula is C36H49F2N3O3. The molecule has 2 fully saturated rings. The van der Waals surface area contributed by atoms with Gasteiger partial charge in [-0.2, -0.15) is 0 Å². The number of benzene rings is 2. The second-order valence-corrected chi connectivity index (χ2v) is 15.0. The minimum absolute atomic E-state index is 0.00610. The van der Waals surface area contributed by atoms with Gasteiger partial charge in [-0.1, -0.05) is 18.2 Å². The maximum Gasteiger partial charge on any atom is 0.324 e. The molecule has 1 aliphatic carbocycles. The summed E-state index contributed by atoms with van der Waals surface area (Å²) in [7, 11) is 0. The first-order valence-corrected chi connectivity index (χ1v) is 16.2. The molecule has 6 nitrogen and oxygen atoms in total. The van der Waals surface area contributed by atoms with Crippen LogP contribution in [0.3, 0.4) is 0 Å². The van der Waals surface area contributed by atoms with E-state index in [1.54, 1.807) is 0 Å². The first-order valence-electron chi connectivity index (χ1n) is 16.2. The van der Waals surface area contributed by atoms with Crippen molar-refractivity contribution < 1.29 is 23.1 Å². The first-order chi connectivity index (χ1) is 20.6. The molecule has 8 heteroatoms. The number of halogens is 2. The van der Waals surface area contributed by atoms with Crippen molar-refractivity contribution in [2.75, 3.05) is 39.3 Å². The van der Waals surface area contributed by atoms with Gasteiger partial charge in [0, 0.05) is 56.8 Å². The van der Waals surface area contributed by atoms with Crippen LogP contribution in [0.2, 0.25) is 0 Å². The minimum atomic E-state index is -0.620. The number of amides is 1. The summed E-state index contributed by atoms with van der Waals surface area (Å²) in [5.41, 5.74) is 4.78. The van der Waals surface area contributed by atoms with E-state index in [1.807, 2.05) is 25.7 Å². The first kappa shape index (κ1) is 32.6. The summed E-state index contributed by atoms with van der Waals surface area (Å²) in [4.78, 5) is 33.9. The van der Waals surface area contributed by atoms with Gasteiger partial charge in [-0.25, -0.2) is 8.78 Å². The van der Waals surface area contributed by atoms with Gasteiger partial charge in [0.1, 0.15) is 23.3 Å². The number of aryl methyl sites for hydroxylation is 3. The van der Waals surface area contributed by atoms with Crippen LogP contribution in [0.25, 0.3) is 0 Å². The number of esters is 1. The summed E-state index contributed by atoms with van der Waals surface area (Å²) in [5, 5.41) is 0. The molecule has 0 saturated carbocycles. The second-order valence-electron chi connectivity index (χ2n) is 15.0. The van der Waals surface area contributed by atoms with Gasteiger partial charge in [0.15, 0.2) is 0 Å². The molecule has 2 aromatic rings. The van der Waals surface area contributed by atoms with Crippen LogP contribution in [0.4, 0.5) is 8.78 Å². The molecule has 0 spiro atoms. The summed E-state index contributed by atoms with van der Waals surface area (Å²) in [6.07, 6.45) is 3.94. The van der Waals surface area contributed by atoms with Crippen LogP contribution in [-0.4, -0.2) is 83.0 Å². The molecule has 3 atom stereocenters. The molecule has 0 bridgehead atoms. The third-order valence-corrected chi connectivity index (χ3v) is 9.66. The van der Waals surface area contributed by atoms with Gasteiger partial charge < -0.3 is 9.64 Å². The molecule has 0 aromatic heterocycles. The molecule has 0 N–H and O–H groups in total. The summed E-state index contributed by atoms with van der Waals surface area (Å²) in [5.74, 6) is -2.26. The van der Waals surface area contributed by atoms with E-state index in [1.165, 1.54) is 40.8 Å². The Kier molecular flexibility index (Phi) is 9.26. The Morgan fingerprint density at radius 1 is 0.932 bits per heavy atom. The number of fused-ring (bicyclic) bond motifs is 1. The molecule has 2 aromatic carbocycles. The van der Waals surface area contributed by atoms with Crippen molar-refractivity contribution >= 4 is 11.9 Å². The molecule has 2 heterocycles. The van der Waals surface area contributed by atoms with Crippen LogP contribution in [0.5, 0.6) is 0 Å². The van der Waals surface area contributed by atoms with Gasteiger partial charge in [0.05, 0.1) is 5.92 Å². The van der Waals surface area contributed by atoms with Crippen LogP contribution < -0.4 is 0 Å².